The molecule has 1 aromatic carbocycles. The van der Waals surface area contributed by atoms with Crippen molar-refractivity contribution in [1.82, 2.24) is 9.97 Å². The summed E-state index contributed by atoms with van der Waals surface area (Å²) in [6, 6.07) is 4.90. The van der Waals surface area contributed by atoms with Gasteiger partial charge in [0.15, 0.2) is 5.16 Å². The van der Waals surface area contributed by atoms with Gasteiger partial charge in [0.1, 0.15) is 5.82 Å². The van der Waals surface area contributed by atoms with Crippen LogP contribution in [0.1, 0.15) is 29.8 Å². The van der Waals surface area contributed by atoms with Crippen LogP contribution in [0.15, 0.2) is 34.4 Å². The first kappa shape index (κ1) is 14.0. The summed E-state index contributed by atoms with van der Waals surface area (Å²) in [5.41, 5.74) is 8.17. The number of halogens is 1. The van der Waals surface area contributed by atoms with Gasteiger partial charge < -0.3 is 5.73 Å². The van der Waals surface area contributed by atoms with Crippen LogP contribution in [-0.2, 0) is 0 Å². The molecule has 3 nitrogen and oxygen atoms in total. The van der Waals surface area contributed by atoms with Crippen LogP contribution in [0.5, 0.6) is 0 Å². The van der Waals surface area contributed by atoms with Gasteiger partial charge in [0.2, 0.25) is 0 Å². The molecule has 19 heavy (non-hydrogen) atoms. The summed E-state index contributed by atoms with van der Waals surface area (Å²) < 4.78 is 13.6. The Morgan fingerprint density at radius 3 is 2.68 bits per heavy atom. The fourth-order valence-electron chi connectivity index (χ4n) is 1.69. The van der Waals surface area contributed by atoms with Crippen molar-refractivity contribution in [3.63, 3.8) is 0 Å². The number of benzene rings is 1. The molecule has 2 N–H and O–H groups in total. The van der Waals surface area contributed by atoms with E-state index in [0.717, 1.165) is 16.2 Å². The monoisotopic (exact) mass is 277 g/mol. The van der Waals surface area contributed by atoms with Crippen LogP contribution in [-0.4, -0.2) is 9.97 Å². The van der Waals surface area contributed by atoms with E-state index in [9.17, 15) is 4.39 Å². The average Bonchev–Trinajstić information content (AvgIpc) is 2.33. The third-order valence-corrected chi connectivity index (χ3v) is 3.71. The molecule has 0 saturated carbocycles. The van der Waals surface area contributed by atoms with Crippen molar-refractivity contribution < 1.29 is 4.39 Å². The minimum atomic E-state index is -0.234. The highest BCUT2D eigenvalue weighted by Crippen LogP contribution is 2.32. The number of nitrogens with two attached hydrogens (primary N) is 1. The first-order chi connectivity index (χ1) is 8.97. The highest BCUT2D eigenvalue weighted by Gasteiger charge is 2.13. The quantitative estimate of drug-likeness (QED) is 0.874. The minimum Gasteiger partial charge on any atom is -0.324 e. The summed E-state index contributed by atoms with van der Waals surface area (Å²) in [6.45, 7) is 5.49. The third-order valence-electron chi connectivity index (χ3n) is 2.76. The molecule has 0 fully saturated rings. The lowest BCUT2D eigenvalue weighted by atomic mass is 10.1. The van der Waals surface area contributed by atoms with Crippen LogP contribution in [0, 0.1) is 19.7 Å². The zero-order valence-electron chi connectivity index (χ0n) is 11.1. The van der Waals surface area contributed by atoms with Crippen molar-refractivity contribution >= 4 is 11.8 Å². The zero-order chi connectivity index (χ0) is 14.0. The van der Waals surface area contributed by atoms with E-state index in [0.29, 0.717) is 10.7 Å². The summed E-state index contributed by atoms with van der Waals surface area (Å²) >= 11 is 1.41. The van der Waals surface area contributed by atoms with E-state index < -0.39 is 0 Å². The fraction of sp³-hybridized carbons (Fsp3) is 0.286. The maximum Gasteiger partial charge on any atom is 0.192 e. The maximum absolute atomic E-state index is 13.6. The van der Waals surface area contributed by atoms with Crippen molar-refractivity contribution in [2.75, 3.05) is 0 Å². The molecule has 0 radical (unpaired) electrons. The Morgan fingerprint density at radius 2 is 2.05 bits per heavy atom. The molecular weight excluding hydrogens is 261 g/mol. The maximum atomic E-state index is 13.6. The summed E-state index contributed by atoms with van der Waals surface area (Å²) in [6.07, 6.45) is 1.71. The SMILES string of the molecule is Cc1ccnc(Sc2cc(C)c(F)cc2[C@@H](C)N)n1. The number of hydrogen-bond donors (Lipinski definition) is 1. The number of aromatic nitrogens is 2. The number of rotatable bonds is 3. The Morgan fingerprint density at radius 1 is 1.32 bits per heavy atom. The molecule has 5 heteroatoms. The van der Waals surface area contributed by atoms with Gasteiger partial charge in [-0.25, -0.2) is 14.4 Å². The van der Waals surface area contributed by atoms with Gasteiger partial charge in [0.05, 0.1) is 0 Å². The number of aryl methyl sites for hydroxylation is 2. The van der Waals surface area contributed by atoms with Crippen molar-refractivity contribution in [2.45, 2.75) is 36.9 Å². The molecule has 0 amide bonds. The largest absolute Gasteiger partial charge is 0.324 e. The van der Waals surface area contributed by atoms with Crippen LogP contribution < -0.4 is 5.73 Å². The average molecular weight is 277 g/mol. The molecule has 2 rings (SSSR count). The Labute approximate surface area is 116 Å². The Kier molecular flexibility index (Phi) is 4.17. The van der Waals surface area contributed by atoms with Gasteiger partial charge in [0, 0.05) is 22.8 Å². The van der Waals surface area contributed by atoms with Crippen molar-refractivity contribution in [1.29, 1.82) is 0 Å². The smallest absolute Gasteiger partial charge is 0.192 e. The lowest BCUT2D eigenvalue weighted by molar-refractivity contribution is 0.610. The molecule has 2 aromatic rings. The van der Waals surface area contributed by atoms with Gasteiger partial charge in [-0.1, -0.05) is 0 Å². The second kappa shape index (κ2) is 5.67. The third kappa shape index (κ3) is 3.30. The topological polar surface area (TPSA) is 51.8 Å². The Hall–Kier alpha value is -1.46. The van der Waals surface area contributed by atoms with Crippen LogP contribution in [0.4, 0.5) is 4.39 Å². The van der Waals surface area contributed by atoms with Crippen LogP contribution >= 0.6 is 11.8 Å². The van der Waals surface area contributed by atoms with Gasteiger partial charge in [-0.15, -0.1) is 0 Å². The fourth-order valence-corrected chi connectivity index (χ4v) is 2.79. The molecule has 0 unspecified atom stereocenters. The second-order valence-electron chi connectivity index (χ2n) is 4.51. The molecule has 0 bridgehead atoms. The number of hydrogen-bond acceptors (Lipinski definition) is 4. The van der Waals surface area contributed by atoms with Crippen LogP contribution in [0.2, 0.25) is 0 Å². The van der Waals surface area contributed by atoms with E-state index in [-0.39, 0.29) is 11.9 Å². The van der Waals surface area contributed by atoms with E-state index in [2.05, 4.69) is 9.97 Å². The highest BCUT2D eigenvalue weighted by atomic mass is 32.2. The molecule has 0 aliphatic heterocycles. The van der Waals surface area contributed by atoms with Crippen molar-refractivity contribution in [3.05, 3.63) is 47.0 Å². The first-order valence-electron chi connectivity index (χ1n) is 6.00. The van der Waals surface area contributed by atoms with Crippen molar-refractivity contribution in [2.24, 2.45) is 5.73 Å². The van der Waals surface area contributed by atoms with Gasteiger partial charge in [-0.05, 0) is 61.9 Å². The summed E-state index contributed by atoms with van der Waals surface area (Å²) in [5.74, 6) is -0.234. The van der Waals surface area contributed by atoms with E-state index >= 15 is 0 Å². The molecule has 0 aliphatic rings. The minimum absolute atomic E-state index is 0.234. The molecular formula is C14H16FN3S. The van der Waals surface area contributed by atoms with Crippen LogP contribution in [0.3, 0.4) is 0 Å². The van der Waals surface area contributed by atoms with Crippen LogP contribution in [0.25, 0.3) is 0 Å². The van der Waals surface area contributed by atoms with Gasteiger partial charge >= 0.3 is 0 Å². The normalized spacial score (nSPS) is 12.5. The van der Waals surface area contributed by atoms with Gasteiger partial charge in [-0.3, -0.25) is 0 Å². The Balaban J connectivity index is 2.41. The molecule has 0 saturated heterocycles. The van der Waals surface area contributed by atoms with Gasteiger partial charge in [-0.2, -0.15) is 0 Å². The molecule has 1 atom stereocenters. The van der Waals surface area contributed by atoms with E-state index in [1.807, 2.05) is 19.9 Å². The first-order valence-corrected chi connectivity index (χ1v) is 6.82. The molecule has 1 aromatic heterocycles. The van der Waals surface area contributed by atoms with E-state index in [1.165, 1.54) is 17.8 Å². The van der Waals surface area contributed by atoms with E-state index in [4.69, 9.17) is 5.73 Å². The van der Waals surface area contributed by atoms with Crippen molar-refractivity contribution in [3.8, 4) is 0 Å². The molecule has 1 heterocycles. The standard InChI is InChI=1S/C14H16FN3S/c1-8-6-13(11(10(3)16)7-12(8)15)19-14-17-5-4-9(2)18-14/h4-7,10H,16H2,1-3H3/t10-/m1/s1. The molecule has 0 aliphatic carbocycles. The molecule has 100 valence electrons. The zero-order valence-corrected chi connectivity index (χ0v) is 12.0. The van der Waals surface area contributed by atoms with E-state index in [1.54, 1.807) is 19.2 Å². The highest BCUT2D eigenvalue weighted by molar-refractivity contribution is 7.99. The lowest BCUT2D eigenvalue weighted by Gasteiger charge is -2.13. The van der Waals surface area contributed by atoms with Gasteiger partial charge in [0.25, 0.3) is 0 Å². The molecule has 0 spiro atoms. The predicted octanol–water partition coefficient (Wildman–Crippen LogP) is 3.40. The summed E-state index contributed by atoms with van der Waals surface area (Å²) in [4.78, 5) is 9.45. The Bertz CT molecular complexity index is 599. The summed E-state index contributed by atoms with van der Waals surface area (Å²) in [7, 11) is 0. The predicted molar refractivity (Wildman–Crippen MR) is 74.6 cm³/mol. The lowest BCUT2D eigenvalue weighted by Crippen LogP contribution is -2.07. The summed E-state index contributed by atoms with van der Waals surface area (Å²) in [5, 5.41) is 0.646. The second-order valence-corrected chi connectivity index (χ2v) is 5.52. The number of nitrogens with zero attached hydrogens (tertiary/aromatic N) is 2.